The summed E-state index contributed by atoms with van der Waals surface area (Å²) in [4.78, 5) is 23.9. The summed E-state index contributed by atoms with van der Waals surface area (Å²) in [6.45, 7) is 1.23. The Bertz CT molecular complexity index is 1120. The number of allylic oxidation sites excluding steroid dienone is 9. The minimum atomic E-state index is -1.78. The molecule has 0 bridgehead atoms. The number of aliphatic hydroxyl groups is 7. The van der Waals surface area contributed by atoms with Crippen molar-refractivity contribution in [2.45, 2.75) is 120 Å². The zero-order valence-electron chi connectivity index (χ0n) is 28.6. The molecule has 0 radical (unpaired) electrons. The van der Waals surface area contributed by atoms with Crippen LogP contribution in [0.1, 0.15) is 52.4 Å². The second kappa shape index (κ2) is 24.4. The number of hydrogen-bond donors (Lipinski definition) is 7. The van der Waals surface area contributed by atoms with Gasteiger partial charge >= 0.3 is 11.9 Å². The molecule has 284 valence electrons. The number of rotatable bonds is 21. The van der Waals surface area contributed by atoms with Crippen LogP contribution in [0.3, 0.4) is 0 Å². The molecular weight excluding hydrogens is 660 g/mol. The summed E-state index contributed by atoms with van der Waals surface area (Å²) in [5.41, 5.74) is 0. The molecule has 2 fully saturated rings. The van der Waals surface area contributed by atoms with Crippen LogP contribution in [-0.2, 0) is 38.0 Å². The van der Waals surface area contributed by atoms with Gasteiger partial charge in [-0.1, -0.05) is 67.7 Å². The van der Waals surface area contributed by atoms with Crippen LogP contribution < -0.4 is 0 Å². The highest BCUT2D eigenvalue weighted by Crippen LogP contribution is 2.26. The van der Waals surface area contributed by atoms with Crippen LogP contribution in [0.2, 0.25) is 0 Å². The molecule has 0 spiro atoms. The summed E-state index contributed by atoms with van der Waals surface area (Å²) in [5, 5.41) is 70.7. The molecule has 50 heavy (non-hydrogen) atoms. The molecule has 15 nitrogen and oxygen atoms in total. The average Bonchev–Trinajstić information content (AvgIpc) is 3.09. The molecule has 0 aromatic carbocycles. The monoisotopic (exact) mass is 714 g/mol. The van der Waals surface area contributed by atoms with Crippen LogP contribution >= 0.6 is 0 Å². The third-order valence-electron chi connectivity index (χ3n) is 7.60. The van der Waals surface area contributed by atoms with Gasteiger partial charge in [0.1, 0.15) is 55.4 Å². The van der Waals surface area contributed by atoms with Gasteiger partial charge in [0.05, 0.1) is 26.2 Å². The van der Waals surface area contributed by atoms with Crippen molar-refractivity contribution in [1.29, 1.82) is 0 Å². The molecule has 0 aliphatic carbocycles. The van der Waals surface area contributed by atoms with E-state index in [2.05, 4.69) is 43.4 Å². The van der Waals surface area contributed by atoms with Gasteiger partial charge in [-0.3, -0.25) is 9.59 Å². The topological polar surface area (TPSA) is 231 Å². The molecule has 2 rings (SSSR count). The fraction of sp³-hybridized carbons (Fsp3) is 0.657. The second-order valence-corrected chi connectivity index (χ2v) is 11.7. The number of ether oxygens (including phenoxy) is 6. The average molecular weight is 715 g/mol. The zero-order valence-corrected chi connectivity index (χ0v) is 28.6. The zero-order chi connectivity index (χ0) is 36.9. The van der Waals surface area contributed by atoms with E-state index in [1.807, 2.05) is 12.2 Å². The lowest BCUT2D eigenvalue weighted by atomic mass is 9.98. The van der Waals surface area contributed by atoms with Crippen LogP contribution in [0.25, 0.3) is 0 Å². The van der Waals surface area contributed by atoms with E-state index in [9.17, 15) is 45.3 Å². The first-order chi connectivity index (χ1) is 24.0. The van der Waals surface area contributed by atoms with Crippen LogP contribution in [-0.4, -0.2) is 142 Å². The van der Waals surface area contributed by atoms with Crippen LogP contribution in [0, 0.1) is 0 Å². The summed E-state index contributed by atoms with van der Waals surface area (Å²) >= 11 is 0. The normalized spacial score (nSPS) is 31.4. The van der Waals surface area contributed by atoms with Gasteiger partial charge in [0.15, 0.2) is 18.7 Å². The standard InChI is InChI=1S/C35H54O15/c1-3-4-5-6-7-8-9-10-11-12-13-14-15-16-17-18-27(38)48-24(20-45-23(2)37)21-46-34-33(44)31(42)29(40)26(50-34)22-47-35-32(43)30(41)28(39)25(19-36)49-35/h4-5,7-8,10-11,13-14,16-17,24-26,28-36,39-44H,3,6,9,12,15,18-22H2,1-2H3/b5-4-,8-7-,11-10-,14-13-,17-16-. The maximum atomic E-state index is 12.5. The van der Waals surface area contributed by atoms with Crippen LogP contribution in [0.5, 0.6) is 0 Å². The first-order valence-corrected chi connectivity index (χ1v) is 16.8. The lowest BCUT2D eigenvalue weighted by Gasteiger charge is -2.42. The summed E-state index contributed by atoms with van der Waals surface area (Å²) in [6.07, 6.45) is 7.26. The molecule has 0 saturated carbocycles. The van der Waals surface area contributed by atoms with E-state index >= 15 is 0 Å². The molecule has 2 heterocycles. The number of carbonyl (C=O) groups excluding carboxylic acids is 2. The fourth-order valence-corrected chi connectivity index (χ4v) is 4.78. The Morgan fingerprint density at radius 3 is 1.64 bits per heavy atom. The minimum Gasteiger partial charge on any atom is -0.462 e. The van der Waals surface area contributed by atoms with Crippen LogP contribution in [0.4, 0.5) is 0 Å². The van der Waals surface area contributed by atoms with Gasteiger partial charge in [-0.2, -0.15) is 0 Å². The second-order valence-electron chi connectivity index (χ2n) is 11.7. The predicted octanol–water partition coefficient (Wildman–Crippen LogP) is 0.244. The molecule has 0 amide bonds. The highest BCUT2D eigenvalue weighted by molar-refractivity contribution is 5.71. The smallest absolute Gasteiger partial charge is 0.310 e. The lowest BCUT2D eigenvalue weighted by Crippen LogP contribution is -2.61. The number of esters is 2. The summed E-state index contributed by atoms with van der Waals surface area (Å²) in [5.74, 6) is -1.28. The molecule has 2 aliphatic rings. The Kier molecular flexibility index (Phi) is 21.2. The molecule has 11 unspecified atom stereocenters. The minimum absolute atomic E-state index is 0.0745. The van der Waals surface area contributed by atoms with E-state index in [4.69, 9.17) is 28.4 Å². The highest BCUT2D eigenvalue weighted by atomic mass is 16.7. The van der Waals surface area contributed by atoms with Gasteiger partial charge in [0.2, 0.25) is 0 Å². The first-order valence-electron chi connectivity index (χ1n) is 16.8. The van der Waals surface area contributed by atoms with Crippen LogP contribution in [0.15, 0.2) is 60.8 Å². The van der Waals surface area contributed by atoms with E-state index < -0.39 is 99.3 Å². The van der Waals surface area contributed by atoms with E-state index in [1.54, 1.807) is 12.2 Å². The largest absolute Gasteiger partial charge is 0.462 e. The number of carbonyl (C=O) groups is 2. The lowest BCUT2D eigenvalue weighted by molar-refractivity contribution is -0.332. The maximum Gasteiger partial charge on any atom is 0.310 e. The summed E-state index contributed by atoms with van der Waals surface area (Å²) in [6, 6.07) is 0. The Morgan fingerprint density at radius 2 is 1.12 bits per heavy atom. The molecule has 7 N–H and O–H groups in total. The molecule has 0 aromatic heterocycles. The fourth-order valence-electron chi connectivity index (χ4n) is 4.78. The number of hydrogen-bond acceptors (Lipinski definition) is 15. The van der Waals surface area contributed by atoms with Crippen molar-refractivity contribution in [2.75, 3.05) is 26.4 Å². The Hall–Kier alpha value is -2.80. The van der Waals surface area contributed by atoms with Crippen molar-refractivity contribution in [3.63, 3.8) is 0 Å². The SMILES string of the molecule is CC/C=C\C/C=C\C/C=C\C/C=C\C/C=C\CC(=O)OC(COC(C)=O)COC1OC(COC2OC(CO)C(O)C(O)C2O)C(O)C(O)C1O. The van der Waals surface area contributed by atoms with Gasteiger partial charge in [0, 0.05) is 6.92 Å². The molecule has 2 saturated heterocycles. The predicted molar refractivity (Wildman–Crippen MR) is 178 cm³/mol. The molecule has 2 aliphatic heterocycles. The third kappa shape index (κ3) is 15.6. The summed E-state index contributed by atoms with van der Waals surface area (Å²) < 4.78 is 32.1. The quantitative estimate of drug-likeness (QED) is 0.0624. The Morgan fingerprint density at radius 1 is 0.640 bits per heavy atom. The van der Waals surface area contributed by atoms with Gasteiger partial charge < -0.3 is 64.2 Å². The van der Waals surface area contributed by atoms with E-state index in [0.29, 0.717) is 6.42 Å². The van der Waals surface area contributed by atoms with E-state index in [0.717, 1.165) is 25.7 Å². The first kappa shape index (κ1) is 43.4. The summed E-state index contributed by atoms with van der Waals surface area (Å²) in [7, 11) is 0. The third-order valence-corrected chi connectivity index (χ3v) is 7.60. The molecule has 15 heteroatoms. The molecule has 0 aromatic rings. The highest BCUT2D eigenvalue weighted by Gasteiger charge is 2.47. The van der Waals surface area contributed by atoms with Crippen molar-refractivity contribution in [3.05, 3.63) is 60.8 Å². The van der Waals surface area contributed by atoms with Gasteiger partial charge in [-0.05, 0) is 32.1 Å². The van der Waals surface area contributed by atoms with E-state index in [1.165, 1.54) is 6.92 Å². The maximum absolute atomic E-state index is 12.5. The van der Waals surface area contributed by atoms with E-state index in [-0.39, 0.29) is 13.0 Å². The Labute approximate surface area is 292 Å². The van der Waals surface area contributed by atoms with Gasteiger partial charge in [0.25, 0.3) is 0 Å². The van der Waals surface area contributed by atoms with Crippen molar-refractivity contribution in [3.8, 4) is 0 Å². The van der Waals surface area contributed by atoms with Crippen molar-refractivity contribution in [1.82, 2.24) is 0 Å². The van der Waals surface area contributed by atoms with Gasteiger partial charge in [-0.25, -0.2) is 0 Å². The molecule has 11 atom stereocenters. The molecular formula is C35H54O15. The number of aliphatic hydroxyl groups excluding tert-OH is 7. The van der Waals surface area contributed by atoms with Crippen molar-refractivity contribution >= 4 is 11.9 Å². The van der Waals surface area contributed by atoms with Crippen molar-refractivity contribution < 1.29 is 73.8 Å². The Balaban J connectivity index is 1.83. The van der Waals surface area contributed by atoms with Crippen molar-refractivity contribution in [2.24, 2.45) is 0 Å². The van der Waals surface area contributed by atoms with Gasteiger partial charge in [-0.15, -0.1) is 0 Å².